The number of terminal acetylenes is 1. The lowest BCUT2D eigenvalue weighted by molar-refractivity contribution is 0.0948. The lowest BCUT2D eigenvalue weighted by Crippen LogP contribution is -2.31. The normalized spacial score (nSPS) is 11.9. The second kappa shape index (κ2) is 4.96. The van der Waals surface area contributed by atoms with Crippen molar-refractivity contribution in [2.45, 2.75) is 13.0 Å². The van der Waals surface area contributed by atoms with Gasteiger partial charge in [0.05, 0.1) is 19.2 Å². The molecule has 0 radical (unpaired) electrons. The maximum Gasteiger partial charge on any atom is 0.254 e. The van der Waals surface area contributed by atoms with Crippen LogP contribution in [0.25, 0.3) is 0 Å². The minimum absolute atomic E-state index is 0.163. The van der Waals surface area contributed by atoms with Crippen molar-refractivity contribution in [3.8, 4) is 12.3 Å². The highest BCUT2D eigenvalue weighted by Gasteiger charge is 2.14. The van der Waals surface area contributed by atoms with Crippen molar-refractivity contribution in [3.05, 3.63) is 19.2 Å². The van der Waals surface area contributed by atoms with Crippen molar-refractivity contribution >= 4 is 49.1 Å². The Morgan fingerprint density at radius 3 is 2.79 bits per heavy atom. The first-order valence-corrected chi connectivity index (χ1v) is 6.16. The van der Waals surface area contributed by atoms with Gasteiger partial charge in [-0.15, -0.1) is 17.8 Å². The monoisotopic (exact) mass is 335 g/mol. The number of hydrogen-bond donors (Lipinski definition) is 1. The Bertz CT molecular complexity index is 394. The Labute approximate surface area is 103 Å². The second-order valence-corrected chi connectivity index (χ2v) is 6.35. The van der Waals surface area contributed by atoms with Crippen LogP contribution < -0.4 is 5.32 Å². The largest absolute Gasteiger partial charge is 0.339 e. The van der Waals surface area contributed by atoms with E-state index in [0.717, 1.165) is 7.57 Å². The summed E-state index contributed by atoms with van der Waals surface area (Å²) in [7, 11) is 0. The van der Waals surface area contributed by atoms with Gasteiger partial charge in [-0.2, -0.15) is 0 Å². The predicted octanol–water partition coefficient (Wildman–Crippen LogP) is 3.02. The van der Waals surface area contributed by atoms with Gasteiger partial charge < -0.3 is 5.32 Å². The van der Waals surface area contributed by atoms with E-state index in [-0.39, 0.29) is 11.9 Å². The maximum absolute atomic E-state index is 11.6. The molecule has 0 saturated heterocycles. The summed E-state index contributed by atoms with van der Waals surface area (Å²) in [5.74, 6) is 2.27. The molecule has 0 aliphatic rings. The summed E-state index contributed by atoms with van der Waals surface area (Å²) < 4.78 is 1.70. The number of carbonyl (C=O) groups excluding carboxylic acids is 1. The van der Waals surface area contributed by atoms with E-state index in [1.807, 2.05) is 0 Å². The molecule has 1 heterocycles. The van der Waals surface area contributed by atoms with Crippen LogP contribution in [-0.4, -0.2) is 11.9 Å². The molecule has 2 nitrogen and oxygen atoms in total. The molecule has 0 aliphatic heterocycles. The summed E-state index contributed by atoms with van der Waals surface area (Å²) in [4.78, 5) is 11.6. The molecular weight excluding hydrogens is 330 g/mol. The number of hydrogen-bond acceptors (Lipinski definition) is 2. The Morgan fingerprint density at radius 2 is 2.36 bits per heavy atom. The van der Waals surface area contributed by atoms with Crippen LogP contribution in [0, 0.1) is 12.3 Å². The third-order valence-electron chi connectivity index (χ3n) is 1.50. The van der Waals surface area contributed by atoms with Crippen LogP contribution in [0.5, 0.6) is 0 Å². The Hall–Kier alpha value is -0.310. The van der Waals surface area contributed by atoms with Gasteiger partial charge in [-0.25, -0.2) is 0 Å². The minimum atomic E-state index is -0.256. The summed E-state index contributed by atoms with van der Waals surface area (Å²) >= 11 is 8.06. The standard InChI is InChI=1S/C9H7Br2NOS/c1-3-5(2)12-9(13)6-4-7(10)14-8(6)11/h1,4-5H,2H3,(H,12,13). The molecule has 0 bridgehead atoms. The third-order valence-corrected chi connectivity index (χ3v) is 3.84. The van der Waals surface area contributed by atoms with Crippen LogP contribution >= 0.6 is 43.2 Å². The topological polar surface area (TPSA) is 29.1 Å². The van der Waals surface area contributed by atoms with Crippen LogP contribution in [0.2, 0.25) is 0 Å². The molecule has 0 spiro atoms. The van der Waals surface area contributed by atoms with E-state index in [2.05, 4.69) is 43.1 Å². The van der Waals surface area contributed by atoms with Crippen LogP contribution in [-0.2, 0) is 0 Å². The summed E-state index contributed by atoms with van der Waals surface area (Å²) in [6.45, 7) is 1.76. The summed E-state index contributed by atoms with van der Waals surface area (Å²) in [6, 6.07) is 1.50. The number of halogens is 2. The smallest absolute Gasteiger partial charge is 0.254 e. The van der Waals surface area contributed by atoms with Gasteiger partial charge in [0.2, 0.25) is 0 Å². The first-order chi connectivity index (χ1) is 6.54. The van der Waals surface area contributed by atoms with E-state index in [1.165, 1.54) is 11.3 Å². The number of nitrogens with one attached hydrogen (secondary N) is 1. The van der Waals surface area contributed by atoms with Gasteiger partial charge in [-0.05, 0) is 44.8 Å². The van der Waals surface area contributed by atoms with Gasteiger partial charge in [0.15, 0.2) is 0 Å². The van der Waals surface area contributed by atoms with Crippen LogP contribution in [0.3, 0.4) is 0 Å². The number of carbonyl (C=O) groups is 1. The van der Waals surface area contributed by atoms with Crippen molar-refractivity contribution in [2.24, 2.45) is 0 Å². The van der Waals surface area contributed by atoms with E-state index in [0.29, 0.717) is 5.56 Å². The molecule has 74 valence electrons. The fourth-order valence-electron chi connectivity index (χ4n) is 0.811. The van der Waals surface area contributed by atoms with Crippen molar-refractivity contribution < 1.29 is 4.79 Å². The molecule has 1 unspecified atom stereocenters. The zero-order valence-electron chi connectivity index (χ0n) is 7.30. The zero-order valence-corrected chi connectivity index (χ0v) is 11.3. The SMILES string of the molecule is C#CC(C)NC(=O)c1cc(Br)sc1Br. The van der Waals surface area contributed by atoms with Gasteiger partial charge in [0, 0.05) is 0 Å². The van der Waals surface area contributed by atoms with Gasteiger partial charge in [-0.1, -0.05) is 5.92 Å². The van der Waals surface area contributed by atoms with E-state index in [9.17, 15) is 4.79 Å². The first kappa shape index (κ1) is 11.8. The van der Waals surface area contributed by atoms with Crippen LogP contribution in [0.15, 0.2) is 13.6 Å². The first-order valence-electron chi connectivity index (χ1n) is 3.76. The van der Waals surface area contributed by atoms with Crippen molar-refractivity contribution in [1.29, 1.82) is 0 Å². The third kappa shape index (κ3) is 2.84. The van der Waals surface area contributed by atoms with E-state index < -0.39 is 0 Å². The molecule has 5 heteroatoms. The van der Waals surface area contributed by atoms with Crippen LogP contribution in [0.1, 0.15) is 17.3 Å². The van der Waals surface area contributed by atoms with Gasteiger partial charge in [0.25, 0.3) is 5.91 Å². The Balaban J connectivity index is 2.80. The van der Waals surface area contributed by atoms with E-state index in [1.54, 1.807) is 13.0 Å². The van der Waals surface area contributed by atoms with Crippen molar-refractivity contribution in [3.63, 3.8) is 0 Å². The fourth-order valence-corrected chi connectivity index (χ4v) is 3.60. The average molecular weight is 337 g/mol. The minimum Gasteiger partial charge on any atom is -0.339 e. The van der Waals surface area contributed by atoms with Crippen molar-refractivity contribution in [1.82, 2.24) is 5.32 Å². The second-order valence-electron chi connectivity index (χ2n) is 2.60. The summed E-state index contributed by atoms with van der Waals surface area (Å²) in [5, 5.41) is 2.68. The Morgan fingerprint density at radius 1 is 1.71 bits per heavy atom. The van der Waals surface area contributed by atoms with Gasteiger partial charge in [-0.3, -0.25) is 4.79 Å². The molecule has 1 atom stereocenters. The highest BCUT2D eigenvalue weighted by Crippen LogP contribution is 2.31. The molecule has 1 amide bonds. The number of thiophene rings is 1. The molecule has 0 aliphatic carbocycles. The maximum atomic E-state index is 11.6. The van der Waals surface area contributed by atoms with Gasteiger partial charge >= 0.3 is 0 Å². The predicted molar refractivity (Wildman–Crippen MR) is 65.5 cm³/mol. The van der Waals surface area contributed by atoms with Gasteiger partial charge in [0.1, 0.15) is 0 Å². The van der Waals surface area contributed by atoms with Crippen LogP contribution in [0.4, 0.5) is 0 Å². The molecule has 0 fully saturated rings. The molecule has 0 saturated carbocycles. The quantitative estimate of drug-likeness (QED) is 0.826. The summed E-state index contributed by atoms with van der Waals surface area (Å²) in [5.41, 5.74) is 0.601. The number of amides is 1. The zero-order chi connectivity index (χ0) is 10.7. The lowest BCUT2D eigenvalue weighted by Gasteiger charge is -2.06. The highest BCUT2D eigenvalue weighted by atomic mass is 79.9. The highest BCUT2D eigenvalue weighted by molar-refractivity contribution is 9.12. The fraction of sp³-hybridized carbons (Fsp3) is 0.222. The Kier molecular flexibility index (Phi) is 4.17. The molecular formula is C9H7Br2NOS. The van der Waals surface area contributed by atoms with E-state index >= 15 is 0 Å². The number of rotatable bonds is 2. The molecule has 1 aromatic heterocycles. The molecule has 0 aromatic carbocycles. The van der Waals surface area contributed by atoms with Crippen molar-refractivity contribution in [2.75, 3.05) is 0 Å². The molecule has 1 N–H and O–H groups in total. The molecule has 1 rings (SSSR count). The summed E-state index contributed by atoms with van der Waals surface area (Å²) in [6.07, 6.45) is 5.16. The lowest BCUT2D eigenvalue weighted by atomic mass is 10.3. The molecule has 1 aromatic rings. The van der Waals surface area contributed by atoms with E-state index in [4.69, 9.17) is 6.42 Å². The average Bonchev–Trinajstić information content (AvgIpc) is 2.45. The molecule has 14 heavy (non-hydrogen) atoms.